The SMILES string of the molecule is CCCCCCC/C=C\CCCCCCCCCCCCCCC(CC)([P+](=O)[O-])[N+](C)(C)C. The first kappa shape index (κ1) is 32.8. The van der Waals surface area contributed by atoms with Crippen LogP contribution in [0.25, 0.3) is 0 Å². The standard InChI is InChI=1S/C29H59NO2P/c1-6-8-9-10-11-12-13-14-15-16-17-18-19-20-21-22-23-24-25-26-27-28-29(7-2,33(31)32)30(3,4)5/h13-14H,6-12,15-28H2,1-5H3/q+1/b14-13-. The van der Waals surface area contributed by atoms with Crippen molar-refractivity contribution in [2.75, 3.05) is 21.1 Å². The molecule has 0 rings (SSSR count). The molecule has 0 aliphatic carbocycles. The van der Waals surface area contributed by atoms with Crippen molar-refractivity contribution in [1.82, 2.24) is 0 Å². The molecule has 0 N–H and O–H groups in total. The highest BCUT2D eigenvalue weighted by Crippen LogP contribution is 2.44. The molecule has 0 aliphatic heterocycles. The zero-order valence-electron chi connectivity index (χ0n) is 23.2. The predicted molar refractivity (Wildman–Crippen MR) is 146 cm³/mol. The minimum Gasteiger partial charge on any atom is -0.590 e. The van der Waals surface area contributed by atoms with E-state index in [1.165, 1.54) is 109 Å². The molecule has 0 radical (unpaired) electrons. The Morgan fingerprint density at radius 1 is 0.636 bits per heavy atom. The number of rotatable bonds is 24. The minimum atomic E-state index is -2.41. The van der Waals surface area contributed by atoms with Crippen molar-refractivity contribution in [1.29, 1.82) is 0 Å². The molecule has 0 aliphatic rings. The van der Waals surface area contributed by atoms with E-state index in [0.29, 0.717) is 10.9 Å². The van der Waals surface area contributed by atoms with Crippen LogP contribution >= 0.6 is 8.03 Å². The molecular weight excluding hydrogens is 425 g/mol. The Kier molecular flexibility index (Phi) is 20.9. The lowest BCUT2D eigenvalue weighted by molar-refractivity contribution is -0.910. The molecule has 0 saturated heterocycles. The average molecular weight is 485 g/mol. The molecule has 2 unspecified atom stereocenters. The first-order valence-corrected chi connectivity index (χ1v) is 15.6. The van der Waals surface area contributed by atoms with Crippen LogP contribution in [0.5, 0.6) is 0 Å². The van der Waals surface area contributed by atoms with E-state index in [4.69, 9.17) is 0 Å². The largest absolute Gasteiger partial charge is 0.590 e. The molecule has 0 bridgehead atoms. The molecule has 196 valence electrons. The molecule has 3 nitrogen and oxygen atoms in total. The molecule has 0 spiro atoms. The molecule has 2 atom stereocenters. The van der Waals surface area contributed by atoms with E-state index < -0.39 is 13.3 Å². The Labute approximate surface area is 209 Å². The van der Waals surface area contributed by atoms with Gasteiger partial charge in [-0.3, -0.25) is 4.48 Å². The monoisotopic (exact) mass is 484 g/mol. The average Bonchev–Trinajstić information content (AvgIpc) is 2.76. The van der Waals surface area contributed by atoms with Gasteiger partial charge in [0.05, 0.1) is 21.1 Å². The van der Waals surface area contributed by atoms with Crippen molar-refractivity contribution in [3.63, 3.8) is 0 Å². The lowest BCUT2D eigenvalue weighted by Gasteiger charge is -2.39. The maximum atomic E-state index is 12.0. The molecule has 0 saturated carbocycles. The van der Waals surface area contributed by atoms with Gasteiger partial charge in [-0.15, -0.1) is 0 Å². The summed E-state index contributed by atoms with van der Waals surface area (Å²) >= 11 is 0. The molecule has 0 aromatic heterocycles. The van der Waals surface area contributed by atoms with Gasteiger partial charge in [0.25, 0.3) is 5.28 Å². The summed E-state index contributed by atoms with van der Waals surface area (Å²) in [5.74, 6) is 0. The second kappa shape index (κ2) is 21.1. The summed E-state index contributed by atoms with van der Waals surface area (Å²) < 4.78 is 12.5. The fourth-order valence-electron chi connectivity index (χ4n) is 4.99. The fraction of sp³-hybridized carbons (Fsp3) is 0.931. The third-order valence-electron chi connectivity index (χ3n) is 7.49. The first-order valence-electron chi connectivity index (χ1n) is 14.4. The van der Waals surface area contributed by atoms with Crippen LogP contribution in [0.1, 0.15) is 149 Å². The maximum Gasteiger partial charge on any atom is 0.376 e. The van der Waals surface area contributed by atoms with Gasteiger partial charge in [0, 0.05) is 12.8 Å². The molecule has 4 heteroatoms. The number of allylic oxidation sites excluding steroid dienone is 2. The van der Waals surface area contributed by atoms with Gasteiger partial charge < -0.3 is 4.89 Å². The Bertz CT molecular complexity index is 487. The summed E-state index contributed by atoms with van der Waals surface area (Å²) in [6.45, 7) is 4.29. The molecule has 0 amide bonds. The van der Waals surface area contributed by atoms with Gasteiger partial charge in [-0.05, 0) is 32.1 Å². The lowest BCUT2D eigenvalue weighted by Crippen LogP contribution is -2.55. The Balaban J connectivity index is 3.48. The maximum absolute atomic E-state index is 12.0. The zero-order chi connectivity index (χ0) is 24.8. The number of hydrogen-bond donors (Lipinski definition) is 0. The second-order valence-corrected chi connectivity index (χ2v) is 12.4. The van der Waals surface area contributed by atoms with E-state index in [0.717, 1.165) is 19.3 Å². The van der Waals surface area contributed by atoms with Crippen LogP contribution in [0.3, 0.4) is 0 Å². The smallest absolute Gasteiger partial charge is 0.376 e. The van der Waals surface area contributed by atoms with Crippen LogP contribution in [0.2, 0.25) is 0 Å². The van der Waals surface area contributed by atoms with Crippen LogP contribution in [-0.4, -0.2) is 30.9 Å². The summed E-state index contributed by atoms with van der Waals surface area (Å²) in [7, 11) is 3.64. The highest BCUT2D eigenvalue weighted by Gasteiger charge is 2.52. The normalized spacial score (nSPS) is 14.7. The number of nitrogens with zero attached hydrogens (tertiary/aromatic N) is 1. The van der Waals surface area contributed by atoms with Crippen molar-refractivity contribution in [2.24, 2.45) is 0 Å². The van der Waals surface area contributed by atoms with Crippen LogP contribution in [-0.2, 0) is 4.57 Å². The van der Waals surface area contributed by atoms with Crippen molar-refractivity contribution in [2.45, 2.75) is 154 Å². The summed E-state index contributed by atoms with van der Waals surface area (Å²) in [4.78, 5) is 12.0. The van der Waals surface area contributed by atoms with E-state index in [1.807, 2.05) is 28.1 Å². The quantitative estimate of drug-likeness (QED) is 0.0592. The Hall–Kier alpha value is -0.240. The van der Waals surface area contributed by atoms with Crippen LogP contribution < -0.4 is 4.89 Å². The highest BCUT2D eigenvalue weighted by atomic mass is 31.1. The first-order chi connectivity index (χ1) is 15.8. The van der Waals surface area contributed by atoms with E-state index in [2.05, 4.69) is 19.1 Å². The van der Waals surface area contributed by atoms with Gasteiger partial charge >= 0.3 is 8.03 Å². The van der Waals surface area contributed by atoms with Gasteiger partial charge in [0.15, 0.2) is 0 Å². The third-order valence-corrected chi connectivity index (χ3v) is 9.31. The van der Waals surface area contributed by atoms with Gasteiger partial charge in [-0.2, -0.15) is 0 Å². The summed E-state index contributed by atoms with van der Waals surface area (Å²) in [6, 6.07) is 0. The summed E-state index contributed by atoms with van der Waals surface area (Å²) in [6.07, 6.45) is 31.6. The van der Waals surface area contributed by atoms with Crippen LogP contribution in [0.15, 0.2) is 12.2 Å². The van der Waals surface area contributed by atoms with Crippen LogP contribution in [0.4, 0.5) is 0 Å². The summed E-state index contributed by atoms with van der Waals surface area (Å²) in [5.41, 5.74) is 0. The number of hydrogen-bond acceptors (Lipinski definition) is 2. The fourth-order valence-corrected chi connectivity index (χ4v) is 6.08. The predicted octanol–water partition coefficient (Wildman–Crippen LogP) is 9.28. The van der Waals surface area contributed by atoms with E-state index in [-0.39, 0.29) is 0 Å². The van der Waals surface area contributed by atoms with Crippen molar-refractivity contribution in [3.05, 3.63) is 12.2 Å². The third kappa shape index (κ3) is 16.1. The molecule has 0 fully saturated rings. The second-order valence-electron chi connectivity index (χ2n) is 11.1. The minimum absolute atomic E-state index is 0.512. The van der Waals surface area contributed by atoms with Gasteiger partial charge in [0.1, 0.15) is 0 Å². The molecule has 33 heavy (non-hydrogen) atoms. The van der Waals surface area contributed by atoms with E-state index in [1.54, 1.807) is 0 Å². The van der Waals surface area contributed by atoms with E-state index >= 15 is 0 Å². The van der Waals surface area contributed by atoms with E-state index in [9.17, 15) is 9.46 Å². The molecule has 0 aromatic carbocycles. The van der Waals surface area contributed by atoms with Crippen molar-refractivity contribution in [3.8, 4) is 0 Å². The summed E-state index contributed by atoms with van der Waals surface area (Å²) in [5, 5.41) is -0.598. The van der Waals surface area contributed by atoms with Gasteiger partial charge in [-0.1, -0.05) is 120 Å². The highest BCUT2D eigenvalue weighted by molar-refractivity contribution is 7.38. The lowest BCUT2D eigenvalue weighted by atomic mass is 10.0. The molecular formula is C29H59NO2P+. The zero-order valence-corrected chi connectivity index (χ0v) is 24.1. The Morgan fingerprint density at radius 2 is 1.00 bits per heavy atom. The Morgan fingerprint density at radius 3 is 1.33 bits per heavy atom. The van der Waals surface area contributed by atoms with Crippen molar-refractivity contribution < 1.29 is 13.9 Å². The van der Waals surface area contributed by atoms with Gasteiger partial charge in [-0.25, -0.2) is 0 Å². The van der Waals surface area contributed by atoms with Gasteiger partial charge in [0.2, 0.25) is 0 Å². The molecule has 0 aromatic rings. The topological polar surface area (TPSA) is 40.1 Å². The number of unbranched alkanes of at least 4 members (excludes halogenated alkanes) is 17. The van der Waals surface area contributed by atoms with Crippen LogP contribution in [0, 0.1) is 0 Å². The molecule has 0 heterocycles. The van der Waals surface area contributed by atoms with Crippen molar-refractivity contribution >= 4 is 8.03 Å². The number of quaternary nitrogens is 1.